The molecule has 0 aliphatic carbocycles. The number of nitro benzene ring substituents is 2. The maximum atomic E-state index is 11.6. The summed E-state index contributed by atoms with van der Waals surface area (Å²) < 4.78 is 0. The lowest BCUT2D eigenvalue weighted by molar-refractivity contribution is -0.421. The van der Waals surface area contributed by atoms with Crippen molar-refractivity contribution in [2.75, 3.05) is 22.1 Å². The zero-order chi connectivity index (χ0) is 21.1. The normalized spacial score (nSPS) is 10.4. The summed E-state index contributed by atoms with van der Waals surface area (Å²) in [6.07, 6.45) is 0. The van der Waals surface area contributed by atoms with E-state index in [4.69, 9.17) is 11.5 Å². The van der Waals surface area contributed by atoms with Crippen LogP contribution in [0, 0.1) is 27.2 Å². The topological polar surface area (TPSA) is 162 Å². The molecule has 0 heterocycles. The second kappa shape index (κ2) is 7.72. The molecule has 0 saturated heterocycles. The Hall–Kier alpha value is -4.34. The van der Waals surface area contributed by atoms with Gasteiger partial charge in [-0.1, -0.05) is 0 Å². The summed E-state index contributed by atoms with van der Waals surface area (Å²) in [5.74, 6) is 0. The average Bonchev–Trinajstić information content (AvgIpc) is 2.65. The molecule has 0 atom stereocenters. The second-order valence-corrected chi connectivity index (χ2v) is 6.35. The molecule has 0 spiro atoms. The highest BCUT2D eigenvalue weighted by Gasteiger charge is 2.30. The van der Waals surface area contributed by atoms with Crippen molar-refractivity contribution >= 4 is 45.5 Å². The predicted octanol–water partition coefficient (Wildman–Crippen LogP) is 4.46. The number of nitrogens with two attached hydrogens (primary N) is 2. The lowest BCUT2D eigenvalue weighted by Crippen LogP contribution is -2.04. The minimum atomic E-state index is -0.784. The molecular weight excluding hydrogens is 376 g/mol. The van der Waals surface area contributed by atoms with Crippen LogP contribution < -0.4 is 22.1 Å². The van der Waals surface area contributed by atoms with E-state index in [2.05, 4.69) is 10.6 Å². The molecule has 10 nitrogen and oxygen atoms in total. The molecule has 0 aliphatic heterocycles. The molecule has 0 aliphatic rings. The van der Waals surface area contributed by atoms with Crippen molar-refractivity contribution in [1.29, 1.82) is 0 Å². The van der Waals surface area contributed by atoms with Crippen LogP contribution in [-0.4, -0.2) is 9.85 Å². The summed E-state index contributed by atoms with van der Waals surface area (Å²) in [5.41, 5.74) is 13.5. The zero-order valence-electron chi connectivity index (χ0n) is 15.4. The third-order valence-electron chi connectivity index (χ3n) is 4.19. The van der Waals surface area contributed by atoms with Crippen molar-refractivity contribution in [1.82, 2.24) is 0 Å². The monoisotopic (exact) mass is 394 g/mol. The summed E-state index contributed by atoms with van der Waals surface area (Å²) in [4.78, 5) is 21.5. The van der Waals surface area contributed by atoms with Gasteiger partial charge in [-0.2, -0.15) is 0 Å². The van der Waals surface area contributed by atoms with Gasteiger partial charge >= 0.3 is 11.4 Å². The number of benzene rings is 3. The number of nitrogens with zero attached hydrogens (tertiary/aromatic N) is 2. The first-order chi connectivity index (χ1) is 13.7. The van der Waals surface area contributed by atoms with Crippen LogP contribution in [0.1, 0.15) is 5.56 Å². The minimum absolute atomic E-state index is 0.0235. The van der Waals surface area contributed by atoms with E-state index in [1.807, 2.05) is 6.92 Å². The maximum Gasteiger partial charge on any atom is 0.369 e. The standard InChI is InChI=1S/C19H18N6O4/c1-11-8-13(21)4-7-16(11)23-15-9-17(22-14-5-2-12(20)3-6-14)19(25(28)29)18(10-15)24(26)27/h2-10,22-23H,20-21H2,1H3. The van der Waals surface area contributed by atoms with E-state index in [0.717, 1.165) is 11.6 Å². The Morgan fingerprint density at radius 3 is 1.97 bits per heavy atom. The Bertz CT molecular complexity index is 1100. The number of aryl methyl sites for hydroxylation is 1. The van der Waals surface area contributed by atoms with Crippen molar-refractivity contribution in [3.63, 3.8) is 0 Å². The molecule has 148 valence electrons. The lowest BCUT2D eigenvalue weighted by atomic mass is 10.1. The third-order valence-corrected chi connectivity index (χ3v) is 4.19. The Morgan fingerprint density at radius 1 is 0.759 bits per heavy atom. The van der Waals surface area contributed by atoms with Crippen molar-refractivity contribution in [2.24, 2.45) is 0 Å². The van der Waals surface area contributed by atoms with Crippen molar-refractivity contribution < 1.29 is 9.85 Å². The van der Waals surface area contributed by atoms with Gasteiger partial charge in [-0.05, 0) is 61.0 Å². The third kappa shape index (κ3) is 4.33. The number of nitro groups is 2. The molecule has 0 aromatic heterocycles. The van der Waals surface area contributed by atoms with Crippen LogP contribution in [0.5, 0.6) is 0 Å². The van der Waals surface area contributed by atoms with Gasteiger partial charge in [0, 0.05) is 34.5 Å². The SMILES string of the molecule is Cc1cc(N)ccc1Nc1cc(Nc2ccc(N)cc2)c([N+](=O)[O-])c([N+](=O)[O-])c1. The van der Waals surface area contributed by atoms with Crippen LogP contribution >= 0.6 is 0 Å². The van der Waals surface area contributed by atoms with Gasteiger partial charge in [-0.3, -0.25) is 20.2 Å². The minimum Gasteiger partial charge on any atom is -0.399 e. The number of hydrogen-bond acceptors (Lipinski definition) is 8. The van der Waals surface area contributed by atoms with Gasteiger partial charge in [0.25, 0.3) is 0 Å². The van der Waals surface area contributed by atoms with Crippen molar-refractivity contribution in [2.45, 2.75) is 6.92 Å². The molecule has 0 amide bonds. The number of rotatable bonds is 6. The first kappa shape index (κ1) is 19.4. The largest absolute Gasteiger partial charge is 0.399 e. The van der Waals surface area contributed by atoms with Crippen LogP contribution in [0.25, 0.3) is 0 Å². The molecule has 3 aromatic carbocycles. The highest BCUT2D eigenvalue weighted by atomic mass is 16.6. The van der Waals surface area contributed by atoms with E-state index in [1.165, 1.54) is 6.07 Å². The summed E-state index contributed by atoms with van der Waals surface area (Å²) >= 11 is 0. The summed E-state index contributed by atoms with van der Waals surface area (Å²) in [6, 6.07) is 14.2. The fourth-order valence-electron chi connectivity index (χ4n) is 2.82. The van der Waals surface area contributed by atoms with Gasteiger partial charge in [0.15, 0.2) is 0 Å². The van der Waals surface area contributed by atoms with Crippen molar-refractivity contribution in [3.8, 4) is 0 Å². The quantitative estimate of drug-likeness (QED) is 0.270. The van der Waals surface area contributed by atoms with Crippen LogP contribution in [0.15, 0.2) is 54.6 Å². The summed E-state index contributed by atoms with van der Waals surface area (Å²) in [6.45, 7) is 1.83. The molecule has 0 bridgehead atoms. The van der Waals surface area contributed by atoms with Crippen molar-refractivity contribution in [3.05, 3.63) is 80.4 Å². The smallest absolute Gasteiger partial charge is 0.369 e. The van der Waals surface area contributed by atoms with Crippen LogP contribution in [-0.2, 0) is 0 Å². The molecule has 0 saturated carbocycles. The van der Waals surface area contributed by atoms with Crippen LogP contribution in [0.2, 0.25) is 0 Å². The molecular formula is C19H18N6O4. The van der Waals surface area contributed by atoms with E-state index >= 15 is 0 Å². The van der Waals surface area contributed by atoms with Gasteiger partial charge in [0.05, 0.1) is 9.85 Å². The van der Waals surface area contributed by atoms with Gasteiger partial charge in [-0.25, -0.2) is 0 Å². The van der Waals surface area contributed by atoms with Gasteiger partial charge in [-0.15, -0.1) is 0 Å². The number of nitrogen functional groups attached to an aromatic ring is 2. The van der Waals surface area contributed by atoms with Gasteiger partial charge in [0.2, 0.25) is 0 Å². The molecule has 10 heteroatoms. The Labute approximate surface area is 165 Å². The van der Waals surface area contributed by atoms with E-state index < -0.39 is 21.2 Å². The molecule has 3 rings (SSSR count). The number of hydrogen-bond donors (Lipinski definition) is 4. The summed E-state index contributed by atoms with van der Waals surface area (Å²) in [5, 5.41) is 29.0. The van der Waals surface area contributed by atoms with E-state index in [0.29, 0.717) is 28.4 Å². The summed E-state index contributed by atoms with van der Waals surface area (Å²) in [7, 11) is 0. The molecule has 6 N–H and O–H groups in total. The Kier molecular flexibility index (Phi) is 5.17. The fraction of sp³-hybridized carbons (Fsp3) is 0.0526. The average molecular weight is 394 g/mol. The molecule has 0 radical (unpaired) electrons. The first-order valence-corrected chi connectivity index (χ1v) is 8.47. The highest BCUT2D eigenvalue weighted by Crippen LogP contribution is 2.40. The molecule has 29 heavy (non-hydrogen) atoms. The number of anilines is 6. The lowest BCUT2D eigenvalue weighted by Gasteiger charge is -2.13. The first-order valence-electron chi connectivity index (χ1n) is 8.47. The Morgan fingerprint density at radius 2 is 1.38 bits per heavy atom. The molecule has 0 fully saturated rings. The second-order valence-electron chi connectivity index (χ2n) is 6.35. The molecule has 0 unspecified atom stereocenters. The number of nitrogens with one attached hydrogen (secondary N) is 2. The van der Waals surface area contributed by atoms with E-state index in [1.54, 1.807) is 42.5 Å². The highest BCUT2D eigenvalue weighted by molar-refractivity contribution is 5.83. The van der Waals surface area contributed by atoms with E-state index in [9.17, 15) is 20.2 Å². The van der Waals surface area contributed by atoms with Crippen LogP contribution in [0.4, 0.5) is 45.5 Å². The van der Waals surface area contributed by atoms with Gasteiger partial charge < -0.3 is 22.1 Å². The zero-order valence-corrected chi connectivity index (χ0v) is 15.4. The fourth-order valence-corrected chi connectivity index (χ4v) is 2.82. The predicted molar refractivity (Wildman–Crippen MR) is 113 cm³/mol. The van der Waals surface area contributed by atoms with Crippen LogP contribution in [0.3, 0.4) is 0 Å². The maximum absolute atomic E-state index is 11.6. The Balaban J connectivity index is 2.09. The van der Waals surface area contributed by atoms with E-state index in [-0.39, 0.29) is 5.69 Å². The van der Waals surface area contributed by atoms with Gasteiger partial charge in [0.1, 0.15) is 5.69 Å². The molecule has 3 aromatic rings.